The summed E-state index contributed by atoms with van der Waals surface area (Å²) in [5.41, 5.74) is 1.24. The number of nitro benzene ring substituents is 1. The average Bonchev–Trinajstić information content (AvgIpc) is 2.92. The maximum absolute atomic E-state index is 13.3. The van der Waals surface area contributed by atoms with Crippen LogP contribution in [0.2, 0.25) is 5.02 Å². The Bertz CT molecular complexity index is 785. The molecule has 2 aromatic rings. The number of thioether (sulfide) groups is 1. The van der Waals surface area contributed by atoms with Crippen molar-refractivity contribution in [1.29, 1.82) is 0 Å². The van der Waals surface area contributed by atoms with E-state index in [0.29, 0.717) is 5.69 Å². The van der Waals surface area contributed by atoms with Gasteiger partial charge in [0, 0.05) is 17.8 Å². The first-order valence-electron chi connectivity index (χ1n) is 6.60. The number of nitro groups is 1. The lowest BCUT2D eigenvalue weighted by atomic mass is 10.1. The number of rotatable bonds is 3. The first-order valence-corrected chi connectivity index (χ1v) is 8.03. The van der Waals surface area contributed by atoms with Crippen LogP contribution in [-0.2, 0) is 4.79 Å². The van der Waals surface area contributed by atoms with Crippen molar-refractivity contribution in [3.63, 3.8) is 0 Å². The van der Waals surface area contributed by atoms with Crippen LogP contribution in [0.25, 0.3) is 0 Å². The third-order valence-electron chi connectivity index (χ3n) is 3.44. The summed E-state index contributed by atoms with van der Waals surface area (Å²) in [7, 11) is 0. The van der Waals surface area contributed by atoms with Crippen LogP contribution in [0.15, 0.2) is 42.5 Å². The van der Waals surface area contributed by atoms with E-state index in [1.807, 2.05) is 0 Å². The Morgan fingerprint density at radius 2 is 1.96 bits per heavy atom. The molecule has 1 saturated heterocycles. The molecule has 5 nitrogen and oxygen atoms in total. The standard InChI is InChI=1S/C15H10ClFN2O3S/c16-12-7-11(5-6-13(12)17)18-14(20)8-23-15(18)9-1-3-10(4-2-9)19(21)22/h1-7,15H,8H2/t15-/m1/s1. The number of nitrogens with zero attached hydrogens (tertiary/aromatic N) is 2. The van der Waals surface area contributed by atoms with E-state index >= 15 is 0 Å². The van der Waals surface area contributed by atoms with Gasteiger partial charge in [0.05, 0.1) is 15.7 Å². The molecule has 0 N–H and O–H groups in total. The van der Waals surface area contributed by atoms with Gasteiger partial charge in [-0.25, -0.2) is 4.39 Å². The van der Waals surface area contributed by atoms with Crippen LogP contribution >= 0.6 is 23.4 Å². The summed E-state index contributed by atoms with van der Waals surface area (Å²) < 4.78 is 13.3. The summed E-state index contributed by atoms with van der Waals surface area (Å²) in [6, 6.07) is 10.1. The minimum atomic E-state index is -0.554. The number of amides is 1. The molecule has 1 amide bonds. The smallest absolute Gasteiger partial charge is 0.269 e. The van der Waals surface area contributed by atoms with Gasteiger partial charge in [-0.2, -0.15) is 0 Å². The van der Waals surface area contributed by atoms with E-state index in [9.17, 15) is 19.3 Å². The van der Waals surface area contributed by atoms with Crippen LogP contribution in [0, 0.1) is 15.9 Å². The fourth-order valence-electron chi connectivity index (χ4n) is 2.35. The molecular weight excluding hydrogens is 343 g/mol. The SMILES string of the molecule is O=C1CS[C@H](c2ccc([N+](=O)[O-])cc2)N1c1ccc(F)c(Cl)c1. The molecule has 0 bridgehead atoms. The molecule has 0 aliphatic carbocycles. The highest BCUT2D eigenvalue weighted by molar-refractivity contribution is 8.00. The lowest BCUT2D eigenvalue weighted by molar-refractivity contribution is -0.384. The third kappa shape index (κ3) is 3.02. The average molecular weight is 353 g/mol. The molecule has 3 rings (SSSR count). The van der Waals surface area contributed by atoms with Gasteiger partial charge in [-0.15, -0.1) is 11.8 Å². The Kier molecular flexibility index (Phi) is 4.23. The number of halogens is 2. The molecule has 0 saturated carbocycles. The zero-order chi connectivity index (χ0) is 16.6. The van der Waals surface area contributed by atoms with E-state index in [0.717, 1.165) is 5.56 Å². The molecule has 8 heteroatoms. The lowest BCUT2D eigenvalue weighted by Crippen LogP contribution is -2.27. The Morgan fingerprint density at radius 3 is 2.57 bits per heavy atom. The molecule has 1 heterocycles. The van der Waals surface area contributed by atoms with Gasteiger partial charge in [0.15, 0.2) is 0 Å². The van der Waals surface area contributed by atoms with Crippen LogP contribution in [0.3, 0.4) is 0 Å². The number of hydrogen-bond donors (Lipinski definition) is 0. The maximum atomic E-state index is 13.3. The fourth-order valence-corrected chi connectivity index (χ4v) is 3.70. The van der Waals surface area contributed by atoms with Gasteiger partial charge in [0.2, 0.25) is 5.91 Å². The summed E-state index contributed by atoms with van der Waals surface area (Å²) in [5.74, 6) is -0.404. The molecule has 118 valence electrons. The Labute approximate surface area is 140 Å². The van der Waals surface area contributed by atoms with E-state index in [1.54, 1.807) is 12.1 Å². The number of anilines is 1. The second-order valence-electron chi connectivity index (χ2n) is 4.87. The van der Waals surface area contributed by atoms with Gasteiger partial charge < -0.3 is 0 Å². The van der Waals surface area contributed by atoms with Crippen molar-refractivity contribution in [2.75, 3.05) is 10.7 Å². The van der Waals surface area contributed by atoms with Crippen molar-refractivity contribution in [3.05, 3.63) is 69.0 Å². The minimum absolute atomic E-state index is 0.0144. The quantitative estimate of drug-likeness (QED) is 0.614. The Balaban J connectivity index is 1.96. The number of carbonyl (C=O) groups is 1. The normalized spacial score (nSPS) is 17.6. The largest absolute Gasteiger partial charge is 0.295 e. The summed E-state index contributed by atoms with van der Waals surface area (Å²) >= 11 is 7.20. The van der Waals surface area contributed by atoms with Crippen LogP contribution in [0.4, 0.5) is 15.8 Å². The van der Waals surface area contributed by atoms with Crippen LogP contribution in [0.1, 0.15) is 10.9 Å². The highest BCUT2D eigenvalue weighted by Crippen LogP contribution is 2.42. The molecule has 23 heavy (non-hydrogen) atoms. The summed E-state index contributed by atoms with van der Waals surface area (Å²) in [6.45, 7) is 0. The van der Waals surface area contributed by atoms with E-state index in [2.05, 4.69) is 0 Å². The van der Waals surface area contributed by atoms with Crippen molar-refractivity contribution in [3.8, 4) is 0 Å². The van der Waals surface area contributed by atoms with Gasteiger partial charge in [-0.05, 0) is 35.9 Å². The van der Waals surface area contributed by atoms with Crippen molar-refractivity contribution in [1.82, 2.24) is 0 Å². The number of non-ortho nitro benzene ring substituents is 1. The van der Waals surface area contributed by atoms with Crippen LogP contribution in [0.5, 0.6) is 0 Å². The topological polar surface area (TPSA) is 63.4 Å². The molecule has 1 aliphatic heterocycles. The number of carbonyl (C=O) groups excluding carboxylic acids is 1. The van der Waals surface area contributed by atoms with E-state index < -0.39 is 10.7 Å². The van der Waals surface area contributed by atoms with E-state index in [-0.39, 0.29) is 27.7 Å². The fraction of sp³-hybridized carbons (Fsp3) is 0.133. The van der Waals surface area contributed by atoms with Crippen LogP contribution in [-0.4, -0.2) is 16.6 Å². The molecule has 0 radical (unpaired) electrons. The molecule has 0 aromatic heterocycles. The maximum Gasteiger partial charge on any atom is 0.269 e. The molecule has 1 aliphatic rings. The summed E-state index contributed by atoms with van der Waals surface area (Å²) in [5, 5.41) is 10.3. The molecule has 0 unspecified atom stereocenters. The van der Waals surface area contributed by atoms with Crippen molar-refractivity contribution in [2.45, 2.75) is 5.37 Å². The molecule has 0 spiro atoms. The molecular formula is C15H10ClFN2O3S. The van der Waals surface area contributed by atoms with Gasteiger partial charge in [-0.3, -0.25) is 19.8 Å². The number of hydrogen-bond acceptors (Lipinski definition) is 4. The lowest BCUT2D eigenvalue weighted by Gasteiger charge is -2.24. The van der Waals surface area contributed by atoms with E-state index in [4.69, 9.17) is 11.6 Å². The predicted octanol–water partition coefficient (Wildman–Crippen LogP) is 4.17. The second kappa shape index (κ2) is 6.17. The van der Waals surface area contributed by atoms with Crippen molar-refractivity contribution < 1.29 is 14.1 Å². The highest BCUT2D eigenvalue weighted by atomic mass is 35.5. The Morgan fingerprint density at radius 1 is 1.26 bits per heavy atom. The predicted molar refractivity (Wildman–Crippen MR) is 87.2 cm³/mol. The van der Waals surface area contributed by atoms with Gasteiger partial charge in [0.25, 0.3) is 5.69 Å². The van der Waals surface area contributed by atoms with Gasteiger partial charge in [0.1, 0.15) is 11.2 Å². The first-order chi connectivity index (χ1) is 11.0. The zero-order valence-electron chi connectivity index (χ0n) is 11.6. The highest BCUT2D eigenvalue weighted by Gasteiger charge is 2.34. The minimum Gasteiger partial charge on any atom is -0.295 e. The second-order valence-corrected chi connectivity index (χ2v) is 6.35. The zero-order valence-corrected chi connectivity index (χ0v) is 13.2. The monoisotopic (exact) mass is 352 g/mol. The summed E-state index contributed by atoms with van der Waals surface area (Å²) in [4.78, 5) is 24.0. The van der Waals surface area contributed by atoms with E-state index in [1.165, 1.54) is 47.0 Å². The van der Waals surface area contributed by atoms with Crippen LogP contribution < -0.4 is 4.90 Å². The van der Waals surface area contributed by atoms with Gasteiger partial charge >= 0.3 is 0 Å². The summed E-state index contributed by atoms with van der Waals surface area (Å²) in [6.07, 6.45) is 0. The van der Waals surface area contributed by atoms with Gasteiger partial charge in [-0.1, -0.05) is 11.6 Å². The Hall–Kier alpha value is -2.12. The van der Waals surface area contributed by atoms with Crippen molar-refractivity contribution in [2.24, 2.45) is 0 Å². The van der Waals surface area contributed by atoms with Crippen molar-refractivity contribution >= 4 is 40.6 Å². The number of benzene rings is 2. The molecule has 1 fully saturated rings. The first kappa shape index (κ1) is 15.8. The molecule has 2 aromatic carbocycles. The third-order valence-corrected chi connectivity index (χ3v) is 4.94. The molecule has 1 atom stereocenters.